The van der Waals surface area contributed by atoms with Crippen molar-refractivity contribution in [3.63, 3.8) is 0 Å². The number of rotatable bonds is 8. The van der Waals surface area contributed by atoms with Crippen molar-refractivity contribution in [1.82, 2.24) is 4.90 Å². The van der Waals surface area contributed by atoms with Crippen LogP contribution in [0.1, 0.15) is 50.8 Å². The first-order chi connectivity index (χ1) is 15.7. The largest absolute Gasteiger partial charge is 0.507 e. The van der Waals surface area contributed by atoms with E-state index in [9.17, 15) is 14.7 Å². The highest BCUT2D eigenvalue weighted by Crippen LogP contribution is 2.42. The fourth-order valence-corrected chi connectivity index (χ4v) is 4.50. The lowest BCUT2D eigenvalue weighted by molar-refractivity contribution is -0.139. The lowest BCUT2D eigenvalue weighted by atomic mass is 9.95. The van der Waals surface area contributed by atoms with Gasteiger partial charge in [-0.15, -0.1) is 0 Å². The van der Waals surface area contributed by atoms with E-state index in [0.29, 0.717) is 24.3 Å². The predicted octanol–water partition coefficient (Wildman–Crippen LogP) is 6.01. The summed E-state index contributed by atoms with van der Waals surface area (Å²) in [5.74, 6) is -0.894. The Morgan fingerprint density at radius 2 is 1.82 bits per heavy atom. The summed E-state index contributed by atoms with van der Waals surface area (Å²) in [5, 5.41) is 11.6. The van der Waals surface area contributed by atoms with Crippen LogP contribution < -0.4 is 9.47 Å². The van der Waals surface area contributed by atoms with E-state index in [2.05, 4.69) is 0 Å². The molecule has 1 fully saturated rings. The Kier molecular flexibility index (Phi) is 7.92. The maximum Gasteiger partial charge on any atom is 0.295 e. The number of ether oxygens (including phenoxy) is 2. The summed E-state index contributed by atoms with van der Waals surface area (Å²) in [5.41, 5.74) is 0.865. The Morgan fingerprint density at radius 3 is 2.39 bits per heavy atom. The van der Waals surface area contributed by atoms with Crippen LogP contribution in [0.25, 0.3) is 5.76 Å². The number of aliphatic hydroxyl groups is 1. The smallest absolute Gasteiger partial charge is 0.295 e. The Balaban J connectivity index is 2.19. The molecular weight excluding hydrogens is 465 g/mol. The zero-order chi connectivity index (χ0) is 24.3. The lowest BCUT2D eigenvalue weighted by Crippen LogP contribution is -2.30. The normalized spacial score (nSPS) is 17.7. The van der Waals surface area contributed by atoms with E-state index in [0.717, 1.165) is 6.42 Å². The number of hydrogen-bond donors (Lipinski definition) is 1. The minimum atomic E-state index is -0.771. The van der Waals surface area contributed by atoms with Gasteiger partial charge >= 0.3 is 0 Å². The molecule has 1 saturated heterocycles. The molecule has 8 heteroatoms. The third-order valence-corrected chi connectivity index (χ3v) is 5.88. The molecule has 1 N–H and O–H groups in total. The Bertz CT molecular complexity index is 1070. The van der Waals surface area contributed by atoms with Gasteiger partial charge in [0.25, 0.3) is 11.7 Å². The summed E-state index contributed by atoms with van der Waals surface area (Å²) in [6.45, 7) is 6.21. The summed E-state index contributed by atoms with van der Waals surface area (Å²) in [7, 11) is 1.43. The minimum absolute atomic E-state index is 0.0184. The maximum atomic E-state index is 13.1. The molecule has 0 saturated carbocycles. The van der Waals surface area contributed by atoms with Crippen LogP contribution in [0.2, 0.25) is 10.0 Å². The summed E-state index contributed by atoms with van der Waals surface area (Å²) in [6, 6.07) is 9.35. The van der Waals surface area contributed by atoms with Gasteiger partial charge in [-0.2, -0.15) is 0 Å². The number of carbonyl (C=O) groups excluding carboxylic acids is 2. The van der Waals surface area contributed by atoms with Crippen LogP contribution in [0.4, 0.5) is 0 Å². The van der Waals surface area contributed by atoms with Crippen molar-refractivity contribution in [3.05, 3.63) is 63.1 Å². The molecule has 1 heterocycles. The molecule has 1 aliphatic rings. The van der Waals surface area contributed by atoms with Crippen molar-refractivity contribution in [2.75, 3.05) is 13.7 Å². The molecule has 0 aromatic heterocycles. The first-order valence-electron chi connectivity index (χ1n) is 10.8. The second-order valence-corrected chi connectivity index (χ2v) is 8.87. The quantitative estimate of drug-likeness (QED) is 0.278. The number of benzene rings is 2. The van der Waals surface area contributed by atoms with Gasteiger partial charge in [0.15, 0.2) is 5.75 Å². The van der Waals surface area contributed by atoms with Gasteiger partial charge < -0.3 is 19.5 Å². The van der Waals surface area contributed by atoms with Crippen molar-refractivity contribution >= 4 is 40.7 Å². The van der Waals surface area contributed by atoms with Crippen molar-refractivity contribution in [2.45, 2.75) is 45.8 Å². The number of halogens is 2. The van der Waals surface area contributed by atoms with Crippen LogP contribution in [0.3, 0.4) is 0 Å². The number of ketones is 1. The van der Waals surface area contributed by atoms with Crippen LogP contribution in [0.5, 0.6) is 11.5 Å². The molecule has 0 spiro atoms. The molecule has 1 aliphatic heterocycles. The average molecular weight is 492 g/mol. The molecule has 6 nitrogen and oxygen atoms in total. The number of likely N-dealkylation sites (tertiary alicyclic amines) is 1. The Hall–Kier alpha value is -2.70. The summed E-state index contributed by atoms with van der Waals surface area (Å²) < 4.78 is 11.0. The van der Waals surface area contributed by atoms with E-state index < -0.39 is 17.7 Å². The molecule has 1 unspecified atom stereocenters. The molecule has 176 valence electrons. The third kappa shape index (κ3) is 5.12. The Labute approximate surface area is 203 Å². The standard InChI is InChI=1S/C25H27Cl2NO5/c1-5-6-10-28-21(15-8-7-9-17(11-15)33-14(2)3)20(23(30)25(28)31)22(29)16-12-18(26)24(32-4)19(27)13-16/h7-9,11-14,21,29H,5-6,10H2,1-4H3/b22-20+. The fourth-order valence-electron chi connectivity index (χ4n) is 3.86. The molecule has 0 aliphatic carbocycles. The van der Waals surface area contributed by atoms with E-state index in [4.69, 9.17) is 32.7 Å². The maximum absolute atomic E-state index is 13.1. The number of unbranched alkanes of at least 4 members (excludes halogenated alkanes) is 1. The van der Waals surface area contributed by atoms with Gasteiger partial charge in [-0.25, -0.2) is 0 Å². The van der Waals surface area contributed by atoms with Crippen molar-refractivity contribution in [3.8, 4) is 11.5 Å². The number of methoxy groups -OCH3 is 1. The average Bonchev–Trinajstić information content (AvgIpc) is 3.01. The van der Waals surface area contributed by atoms with Crippen molar-refractivity contribution < 1.29 is 24.2 Å². The highest BCUT2D eigenvalue weighted by atomic mass is 35.5. The second-order valence-electron chi connectivity index (χ2n) is 8.06. The van der Waals surface area contributed by atoms with Gasteiger partial charge in [0.2, 0.25) is 0 Å². The van der Waals surface area contributed by atoms with Crippen LogP contribution in [-0.2, 0) is 9.59 Å². The van der Waals surface area contributed by atoms with Crippen LogP contribution in [-0.4, -0.2) is 41.5 Å². The van der Waals surface area contributed by atoms with E-state index in [-0.39, 0.29) is 38.8 Å². The van der Waals surface area contributed by atoms with E-state index >= 15 is 0 Å². The molecule has 33 heavy (non-hydrogen) atoms. The molecule has 2 aromatic carbocycles. The monoisotopic (exact) mass is 491 g/mol. The topological polar surface area (TPSA) is 76.1 Å². The van der Waals surface area contributed by atoms with Crippen LogP contribution >= 0.6 is 23.2 Å². The van der Waals surface area contributed by atoms with Gasteiger partial charge in [0, 0.05) is 12.1 Å². The van der Waals surface area contributed by atoms with E-state index in [1.807, 2.05) is 32.9 Å². The SMILES string of the molecule is CCCCN1C(=O)C(=O)/C(=C(/O)c2cc(Cl)c(OC)c(Cl)c2)C1c1cccc(OC(C)C)c1. The van der Waals surface area contributed by atoms with Gasteiger partial charge in [0.05, 0.1) is 34.9 Å². The Morgan fingerprint density at radius 1 is 1.15 bits per heavy atom. The summed E-state index contributed by atoms with van der Waals surface area (Å²) in [6.07, 6.45) is 1.51. The highest BCUT2D eigenvalue weighted by Gasteiger charge is 2.46. The molecule has 0 bridgehead atoms. The van der Waals surface area contributed by atoms with Crippen molar-refractivity contribution in [1.29, 1.82) is 0 Å². The van der Waals surface area contributed by atoms with E-state index in [1.54, 1.807) is 12.1 Å². The van der Waals surface area contributed by atoms with Crippen LogP contribution in [0, 0.1) is 0 Å². The zero-order valence-electron chi connectivity index (χ0n) is 19.0. The number of carbonyl (C=O) groups is 2. The van der Waals surface area contributed by atoms with Crippen LogP contribution in [0.15, 0.2) is 42.0 Å². The summed E-state index contributed by atoms with van der Waals surface area (Å²) >= 11 is 12.5. The predicted molar refractivity (Wildman–Crippen MR) is 129 cm³/mol. The third-order valence-electron chi connectivity index (χ3n) is 5.31. The van der Waals surface area contributed by atoms with Gasteiger partial charge in [-0.05, 0) is 50.1 Å². The molecular formula is C25H27Cl2NO5. The van der Waals surface area contributed by atoms with Crippen molar-refractivity contribution in [2.24, 2.45) is 0 Å². The van der Waals surface area contributed by atoms with Gasteiger partial charge in [-0.1, -0.05) is 48.7 Å². The lowest BCUT2D eigenvalue weighted by Gasteiger charge is -2.25. The molecule has 1 amide bonds. The number of aliphatic hydroxyl groups excluding tert-OH is 1. The number of nitrogens with zero attached hydrogens (tertiary/aromatic N) is 1. The fraction of sp³-hybridized carbons (Fsp3) is 0.360. The zero-order valence-corrected chi connectivity index (χ0v) is 20.5. The summed E-state index contributed by atoms with van der Waals surface area (Å²) in [4.78, 5) is 27.6. The molecule has 1 atom stereocenters. The van der Waals surface area contributed by atoms with E-state index in [1.165, 1.54) is 24.1 Å². The molecule has 3 rings (SSSR count). The molecule has 0 radical (unpaired) electrons. The number of amides is 1. The van der Waals surface area contributed by atoms with Gasteiger partial charge in [0.1, 0.15) is 11.5 Å². The number of hydrogen-bond acceptors (Lipinski definition) is 5. The van der Waals surface area contributed by atoms with Gasteiger partial charge in [-0.3, -0.25) is 9.59 Å². The first kappa shape index (κ1) is 24.9. The minimum Gasteiger partial charge on any atom is -0.507 e. The second kappa shape index (κ2) is 10.5. The number of Topliss-reactive ketones (excluding diaryl/α,β-unsaturated/α-hetero) is 1. The molecule has 2 aromatic rings. The first-order valence-corrected chi connectivity index (χ1v) is 11.5. The highest BCUT2D eigenvalue weighted by molar-refractivity contribution is 6.46.